The van der Waals surface area contributed by atoms with Crippen molar-refractivity contribution in [2.75, 3.05) is 7.11 Å². The van der Waals surface area contributed by atoms with Crippen molar-refractivity contribution < 1.29 is 9.53 Å². The Hall–Kier alpha value is -2.79. The number of halogens is 1. The largest absolute Gasteiger partial charge is 0.496 e. The van der Waals surface area contributed by atoms with Crippen LogP contribution in [0, 0.1) is 0 Å². The number of carbonyl (C=O) groups excluding carboxylic acids is 1. The van der Waals surface area contributed by atoms with Crippen molar-refractivity contribution in [3.8, 4) is 22.6 Å². The number of amides is 1. The Morgan fingerprint density at radius 2 is 2.07 bits per heavy atom. The van der Waals surface area contributed by atoms with Crippen LogP contribution in [-0.4, -0.2) is 28.6 Å². The molecule has 0 aliphatic rings. The van der Waals surface area contributed by atoms with E-state index in [0.29, 0.717) is 10.7 Å². The molecule has 0 saturated heterocycles. The van der Waals surface area contributed by atoms with E-state index in [1.807, 2.05) is 43.3 Å². The number of benzene rings is 2. The van der Waals surface area contributed by atoms with Gasteiger partial charge in [0.2, 0.25) is 0 Å². The maximum absolute atomic E-state index is 12.8. The summed E-state index contributed by atoms with van der Waals surface area (Å²) in [5, 5.41) is 3.72. The molecule has 0 radical (unpaired) electrons. The highest BCUT2D eigenvalue weighted by Gasteiger charge is 2.16. The molecule has 3 aromatic rings. The lowest BCUT2D eigenvalue weighted by atomic mass is 10.0. The predicted octanol–water partition coefficient (Wildman–Crippen LogP) is 5.90. The van der Waals surface area contributed by atoms with Crippen LogP contribution in [0.15, 0.2) is 55.0 Å². The number of nitrogens with zero attached hydrogens (tertiary/aromatic N) is 2. The van der Waals surface area contributed by atoms with Gasteiger partial charge in [0.05, 0.1) is 19.6 Å². The second kappa shape index (κ2) is 10.3. The number of ether oxygens (including phenoxy) is 1. The molecule has 0 fully saturated rings. The van der Waals surface area contributed by atoms with Crippen LogP contribution < -0.4 is 10.1 Å². The summed E-state index contributed by atoms with van der Waals surface area (Å²) < 4.78 is 7.29. The highest BCUT2D eigenvalue weighted by atomic mass is 35.5. The second-order valence-corrected chi connectivity index (χ2v) is 7.85. The van der Waals surface area contributed by atoms with Crippen LogP contribution in [0.4, 0.5) is 0 Å². The van der Waals surface area contributed by atoms with Crippen molar-refractivity contribution in [3.63, 3.8) is 0 Å². The lowest BCUT2D eigenvalue weighted by Crippen LogP contribution is -2.33. The number of rotatable bonds is 9. The standard InChI is InChI=1S/C24H28ClN3O2/c1-4-5-6-8-17(2)27-24(29)22-15-26-16-28(22)20-10-7-9-18(13-20)21-14-19(25)11-12-23(21)30-3/h7,9-17H,4-6,8H2,1-3H3,(H,27,29)/t17-/m1/s1. The van der Waals surface area contributed by atoms with Crippen LogP contribution in [0.2, 0.25) is 5.02 Å². The van der Waals surface area contributed by atoms with Crippen LogP contribution in [-0.2, 0) is 0 Å². The monoisotopic (exact) mass is 425 g/mol. The number of aromatic nitrogens is 2. The number of hydrogen-bond donors (Lipinski definition) is 1. The van der Waals surface area contributed by atoms with E-state index in [-0.39, 0.29) is 11.9 Å². The molecule has 0 aliphatic carbocycles. The fourth-order valence-electron chi connectivity index (χ4n) is 3.47. The zero-order valence-corrected chi connectivity index (χ0v) is 18.4. The summed E-state index contributed by atoms with van der Waals surface area (Å²) >= 11 is 6.20. The molecule has 0 spiro atoms. The maximum atomic E-state index is 12.8. The molecule has 0 saturated carbocycles. The van der Waals surface area contributed by atoms with E-state index in [9.17, 15) is 4.79 Å². The van der Waals surface area contributed by atoms with E-state index >= 15 is 0 Å². The molecule has 1 atom stereocenters. The van der Waals surface area contributed by atoms with Gasteiger partial charge in [0.1, 0.15) is 11.4 Å². The van der Waals surface area contributed by atoms with Crippen molar-refractivity contribution in [2.45, 2.75) is 45.6 Å². The number of unbranched alkanes of at least 4 members (excludes halogenated alkanes) is 2. The van der Waals surface area contributed by atoms with E-state index in [1.54, 1.807) is 30.3 Å². The van der Waals surface area contributed by atoms with Crippen molar-refractivity contribution in [3.05, 3.63) is 65.7 Å². The van der Waals surface area contributed by atoms with Crippen molar-refractivity contribution in [2.24, 2.45) is 0 Å². The molecule has 1 N–H and O–H groups in total. The lowest BCUT2D eigenvalue weighted by molar-refractivity contribution is 0.0931. The van der Waals surface area contributed by atoms with Gasteiger partial charge < -0.3 is 10.1 Å². The SMILES string of the molecule is CCCCC[C@@H](C)NC(=O)c1cncn1-c1cccc(-c2cc(Cl)ccc2OC)c1. The number of nitrogens with one attached hydrogen (secondary N) is 1. The first kappa shape index (κ1) is 21.9. The van der Waals surface area contributed by atoms with Gasteiger partial charge in [0.25, 0.3) is 5.91 Å². The third kappa shape index (κ3) is 5.22. The van der Waals surface area contributed by atoms with E-state index in [1.165, 1.54) is 12.8 Å². The Balaban J connectivity index is 1.85. The molecule has 1 amide bonds. The van der Waals surface area contributed by atoms with E-state index in [2.05, 4.69) is 17.2 Å². The molecular formula is C24H28ClN3O2. The lowest BCUT2D eigenvalue weighted by Gasteiger charge is -2.15. The van der Waals surface area contributed by atoms with Gasteiger partial charge in [-0.25, -0.2) is 4.98 Å². The Kier molecular flexibility index (Phi) is 7.52. The van der Waals surface area contributed by atoms with Crippen molar-refractivity contribution >= 4 is 17.5 Å². The fraction of sp³-hybridized carbons (Fsp3) is 0.333. The second-order valence-electron chi connectivity index (χ2n) is 7.41. The zero-order chi connectivity index (χ0) is 21.5. The molecule has 158 valence electrons. The van der Waals surface area contributed by atoms with Gasteiger partial charge in [-0.05, 0) is 49.2 Å². The first-order valence-electron chi connectivity index (χ1n) is 10.3. The summed E-state index contributed by atoms with van der Waals surface area (Å²) in [7, 11) is 1.64. The number of carbonyl (C=O) groups is 1. The highest BCUT2D eigenvalue weighted by Crippen LogP contribution is 2.33. The van der Waals surface area contributed by atoms with Crippen LogP contribution in [0.25, 0.3) is 16.8 Å². The molecule has 0 unspecified atom stereocenters. The Labute approximate surface area is 183 Å². The number of hydrogen-bond acceptors (Lipinski definition) is 3. The molecule has 30 heavy (non-hydrogen) atoms. The van der Waals surface area contributed by atoms with E-state index < -0.39 is 0 Å². The van der Waals surface area contributed by atoms with Gasteiger partial charge in [-0.3, -0.25) is 9.36 Å². The molecule has 1 aromatic heterocycles. The zero-order valence-electron chi connectivity index (χ0n) is 17.7. The van der Waals surface area contributed by atoms with E-state index in [0.717, 1.165) is 35.4 Å². The summed E-state index contributed by atoms with van der Waals surface area (Å²) in [4.78, 5) is 17.0. The quantitative estimate of drug-likeness (QED) is 0.434. The Morgan fingerprint density at radius 3 is 2.83 bits per heavy atom. The summed E-state index contributed by atoms with van der Waals surface area (Å²) in [5.41, 5.74) is 3.19. The topological polar surface area (TPSA) is 56.2 Å². The van der Waals surface area contributed by atoms with Gasteiger partial charge >= 0.3 is 0 Å². The van der Waals surface area contributed by atoms with Crippen LogP contribution in [0.3, 0.4) is 0 Å². The van der Waals surface area contributed by atoms with Gasteiger partial charge in [-0.15, -0.1) is 0 Å². The predicted molar refractivity (Wildman–Crippen MR) is 122 cm³/mol. The summed E-state index contributed by atoms with van der Waals surface area (Å²) in [5.74, 6) is 0.614. The molecule has 0 aliphatic heterocycles. The van der Waals surface area contributed by atoms with Gasteiger partial charge in [0.15, 0.2) is 0 Å². The molecule has 6 heteroatoms. The summed E-state index contributed by atoms with van der Waals surface area (Å²) in [6.45, 7) is 4.22. The highest BCUT2D eigenvalue weighted by molar-refractivity contribution is 6.31. The molecule has 5 nitrogen and oxygen atoms in total. The molecule has 0 bridgehead atoms. The normalized spacial score (nSPS) is 11.9. The van der Waals surface area contributed by atoms with Crippen molar-refractivity contribution in [1.29, 1.82) is 0 Å². The summed E-state index contributed by atoms with van der Waals surface area (Å²) in [6.07, 6.45) is 7.68. The first-order valence-corrected chi connectivity index (χ1v) is 10.7. The van der Waals surface area contributed by atoms with Gasteiger partial charge in [0, 0.05) is 22.3 Å². The minimum Gasteiger partial charge on any atom is -0.496 e. The molecule has 2 aromatic carbocycles. The van der Waals surface area contributed by atoms with Crippen molar-refractivity contribution in [1.82, 2.24) is 14.9 Å². The van der Waals surface area contributed by atoms with Crippen LogP contribution >= 0.6 is 11.6 Å². The smallest absolute Gasteiger partial charge is 0.270 e. The molecule has 3 rings (SSSR count). The Bertz CT molecular complexity index is 1000. The fourth-order valence-corrected chi connectivity index (χ4v) is 3.64. The van der Waals surface area contributed by atoms with Gasteiger partial charge in [-0.1, -0.05) is 49.9 Å². The summed E-state index contributed by atoms with van der Waals surface area (Å²) in [6, 6.07) is 13.5. The third-order valence-electron chi connectivity index (χ3n) is 5.09. The van der Waals surface area contributed by atoms with Crippen LogP contribution in [0.1, 0.15) is 50.0 Å². The Morgan fingerprint density at radius 1 is 1.23 bits per heavy atom. The third-order valence-corrected chi connectivity index (χ3v) is 5.32. The molecular weight excluding hydrogens is 398 g/mol. The van der Waals surface area contributed by atoms with E-state index in [4.69, 9.17) is 16.3 Å². The minimum absolute atomic E-state index is 0.120. The van der Waals surface area contributed by atoms with Crippen LogP contribution in [0.5, 0.6) is 5.75 Å². The van der Waals surface area contributed by atoms with Gasteiger partial charge in [-0.2, -0.15) is 0 Å². The average Bonchev–Trinajstić information content (AvgIpc) is 3.24. The maximum Gasteiger partial charge on any atom is 0.270 e. The molecule has 1 heterocycles. The first-order chi connectivity index (χ1) is 14.5. The number of methoxy groups -OCH3 is 1. The number of imidazole rings is 1. The average molecular weight is 426 g/mol. The minimum atomic E-state index is -0.123.